The molecule has 2 aliphatic heterocycles. The minimum Gasteiger partial charge on any atom is -0.479 e. The maximum absolute atomic E-state index is 12.7. The van der Waals surface area contributed by atoms with Crippen molar-refractivity contribution in [2.45, 2.75) is 25.4 Å². The highest BCUT2D eigenvalue weighted by Gasteiger charge is 2.45. The SMILES string of the molecule is COC1(C(=O)O)CCN(CC(=O)N2CC=C(c3ccc(-c4nc(C)n(C)n4)cc3)CC2)C1. The lowest BCUT2D eigenvalue weighted by Crippen LogP contribution is -2.46. The summed E-state index contributed by atoms with van der Waals surface area (Å²) in [7, 11) is 3.29. The molecule has 0 saturated carbocycles. The number of amides is 1. The maximum atomic E-state index is 12.7. The Labute approximate surface area is 187 Å². The zero-order valence-corrected chi connectivity index (χ0v) is 18.7. The number of aryl methyl sites for hydroxylation is 2. The highest BCUT2D eigenvalue weighted by atomic mass is 16.5. The van der Waals surface area contributed by atoms with Crippen LogP contribution in [0.5, 0.6) is 0 Å². The third kappa shape index (κ3) is 4.31. The minimum absolute atomic E-state index is 0.0181. The van der Waals surface area contributed by atoms with E-state index in [1.165, 1.54) is 12.7 Å². The van der Waals surface area contributed by atoms with E-state index in [9.17, 15) is 14.7 Å². The molecule has 1 atom stereocenters. The van der Waals surface area contributed by atoms with Crippen molar-refractivity contribution in [3.63, 3.8) is 0 Å². The van der Waals surface area contributed by atoms with E-state index in [0.29, 0.717) is 31.9 Å². The van der Waals surface area contributed by atoms with Gasteiger partial charge in [0.15, 0.2) is 11.4 Å². The molecule has 32 heavy (non-hydrogen) atoms. The first-order valence-corrected chi connectivity index (χ1v) is 10.8. The maximum Gasteiger partial charge on any atom is 0.337 e. The third-order valence-corrected chi connectivity index (χ3v) is 6.51. The summed E-state index contributed by atoms with van der Waals surface area (Å²) < 4.78 is 7.00. The van der Waals surface area contributed by atoms with E-state index in [1.54, 1.807) is 4.68 Å². The number of benzene rings is 1. The molecule has 9 nitrogen and oxygen atoms in total. The second-order valence-corrected chi connectivity index (χ2v) is 8.47. The molecular weight excluding hydrogens is 410 g/mol. The van der Waals surface area contributed by atoms with Gasteiger partial charge in [-0.15, -0.1) is 0 Å². The zero-order valence-electron chi connectivity index (χ0n) is 18.7. The van der Waals surface area contributed by atoms with Gasteiger partial charge in [0.05, 0.1) is 6.54 Å². The van der Waals surface area contributed by atoms with Crippen LogP contribution in [0.25, 0.3) is 17.0 Å². The molecule has 1 saturated heterocycles. The van der Waals surface area contributed by atoms with Gasteiger partial charge in [-0.05, 0) is 24.5 Å². The fourth-order valence-electron chi connectivity index (χ4n) is 4.29. The van der Waals surface area contributed by atoms with Crippen LogP contribution in [-0.2, 0) is 21.4 Å². The van der Waals surface area contributed by atoms with Crippen molar-refractivity contribution in [3.05, 3.63) is 41.7 Å². The Hall–Kier alpha value is -3.04. The fraction of sp³-hybridized carbons (Fsp3) is 0.478. The third-order valence-electron chi connectivity index (χ3n) is 6.51. The topological polar surface area (TPSA) is 101 Å². The number of hydrogen-bond acceptors (Lipinski definition) is 6. The summed E-state index contributed by atoms with van der Waals surface area (Å²) in [5.41, 5.74) is 2.13. The van der Waals surface area contributed by atoms with E-state index in [0.717, 1.165) is 23.4 Å². The smallest absolute Gasteiger partial charge is 0.337 e. The second-order valence-electron chi connectivity index (χ2n) is 8.47. The van der Waals surface area contributed by atoms with Crippen molar-refractivity contribution in [2.24, 2.45) is 7.05 Å². The largest absolute Gasteiger partial charge is 0.479 e. The Kier molecular flexibility index (Phi) is 6.12. The number of nitrogens with zero attached hydrogens (tertiary/aromatic N) is 5. The molecule has 1 fully saturated rings. The number of hydrogen-bond donors (Lipinski definition) is 1. The van der Waals surface area contributed by atoms with Gasteiger partial charge in [-0.1, -0.05) is 30.3 Å². The van der Waals surface area contributed by atoms with Gasteiger partial charge in [0, 0.05) is 52.3 Å². The second kappa shape index (κ2) is 8.84. The molecule has 2 aromatic rings. The molecule has 0 spiro atoms. The molecule has 0 aliphatic carbocycles. The lowest BCUT2D eigenvalue weighted by atomic mass is 9.98. The monoisotopic (exact) mass is 439 g/mol. The van der Waals surface area contributed by atoms with Crippen molar-refractivity contribution in [3.8, 4) is 11.4 Å². The summed E-state index contributed by atoms with van der Waals surface area (Å²) in [4.78, 5) is 32.4. The van der Waals surface area contributed by atoms with E-state index < -0.39 is 11.6 Å². The number of rotatable bonds is 6. The molecular formula is C23H29N5O4. The van der Waals surface area contributed by atoms with Gasteiger partial charge in [-0.3, -0.25) is 14.4 Å². The molecule has 9 heteroatoms. The van der Waals surface area contributed by atoms with E-state index in [4.69, 9.17) is 4.74 Å². The fourth-order valence-corrected chi connectivity index (χ4v) is 4.29. The molecule has 1 unspecified atom stereocenters. The van der Waals surface area contributed by atoms with Crippen LogP contribution in [0.15, 0.2) is 30.3 Å². The molecule has 1 aromatic carbocycles. The number of ether oxygens (including phenoxy) is 1. The number of methoxy groups -OCH3 is 1. The van der Waals surface area contributed by atoms with Gasteiger partial charge in [0.25, 0.3) is 0 Å². The summed E-state index contributed by atoms with van der Waals surface area (Å²) in [6.07, 6.45) is 3.27. The van der Waals surface area contributed by atoms with Crippen LogP contribution >= 0.6 is 0 Å². The molecule has 0 radical (unpaired) electrons. The lowest BCUT2D eigenvalue weighted by molar-refractivity contribution is -0.160. The molecule has 2 aliphatic rings. The normalized spacial score (nSPS) is 21.6. The highest BCUT2D eigenvalue weighted by molar-refractivity contribution is 5.81. The first-order valence-electron chi connectivity index (χ1n) is 10.8. The predicted molar refractivity (Wildman–Crippen MR) is 119 cm³/mol. The van der Waals surface area contributed by atoms with Crippen LogP contribution < -0.4 is 0 Å². The van der Waals surface area contributed by atoms with Crippen LogP contribution in [0.2, 0.25) is 0 Å². The average Bonchev–Trinajstić information content (AvgIpc) is 3.37. The van der Waals surface area contributed by atoms with Crippen molar-refractivity contribution < 1.29 is 19.4 Å². The Balaban J connectivity index is 1.34. The van der Waals surface area contributed by atoms with Crippen molar-refractivity contribution in [1.82, 2.24) is 24.6 Å². The van der Waals surface area contributed by atoms with E-state index >= 15 is 0 Å². The standard InChI is InChI=1S/C23H29N5O4/c1-16-24-21(25-26(16)2)19-6-4-17(5-7-19)18-8-11-28(12-9-18)20(29)14-27-13-10-23(15-27,32-3)22(30)31/h4-8H,9-15H2,1-3H3,(H,30,31). The molecule has 0 bridgehead atoms. The van der Waals surface area contributed by atoms with Gasteiger partial charge in [-0.2, -0.15) is 5.10 Å². The number of carboxylic acids is 1. The van der Waals surface area contributed by atoms with Gasteiger partial charge in [-0.25, -0.2) is 9.78 Å². The van der Waals surface area contributed by atoms with Gasteiger partial charge >= 0.3 is 5.97 Å². The van der Waals surface area contributed by atoms with Crippen LogP contribution in [0.1, 0.15) is 24.2 Å². The predicted octanol–water partition coefficient (Wildman–Crippen LogP) is 1.58. The minimum atomic E-state index is -1.20. The molecule has 1 N–H and O–H groups in total. The number of carbonyl (C=O) groups excluding carboxylic acids is 1. The summed E-state index contributed by atoms with van der Waals surface area (Å²) >= 11 is 0. The zero-order chi connectivity index (χ0) is 22.9. The van der Waals surface area contributed by atoms with Crippen LogP contribution in [0.4, 0.5) is 0 Å². The summed E-state index contributed by atoms with van der Waals surface area (Å²) in [6.45, 7) is 4.12. The van der Waals surface area contributed by atoms with Gasteiger partial charge < -0.3 is 14.7 Å². The van der Waals surface area contributed by atoms with E-state index in [-0.39, 0.29) is 19.0 Å². The average molecular weight is 440 g/mol. The first kappa shape index (κ1) is 22.2. The molecule has 1 aromatic heterocycles. The van der Waals surface area contributed by atoms with Crippen molar-refractivity contribution >= 4 is 17.4 Å². The molecule has 3 heterocycles. The quantitative estimate of drug-likeness (QED) is 0.729. The number of carbonyl (C=O) groups is 2. The number of aliphatic carboxylic acids is 1. The van der Waals surface area contributed by atoms with Crippen LogP contribution in [0.3, 0.4) is 0 Å². The highest BCUT2D eigenvalue weighted by Crippen LogP contribution is 2.27. The Morgan fingerprint density at radius 2 is 1.91 bits per heavy atom. The van der Waals surface area contributed by atoms with Crippen LogP contribution in [0, 0.1) is 6.92 Å². The molecule has 4 rings (SSSR count). The molecule has 170 valence electrons. The summed E-state index contributed by atoms with van der Waals surface area (Å²) in [5.74, 6) is 0.631. The first-order chi connectivity index (χ1) is 15.3. The van der Waals surface area contributed by atoms with Crippen LogP contribution in [-0.4, -0.2) is 87.0 Å². The Morgan fingerprint density at radius 1 is 1.19 bits per heavy atom. The summed E-state index contributed by atoms with van der Waals surface area (Å²) in [5, 5.41) is 13.9. The van der Waals surface area contributed by atoms with E-state index in [1.807, 2.05) is 35.9 Å². The Bertz CT molecular complexity index is 1030. The lowest BCUT2D eigenvalue weighted by Gasteiger charge is -2.29. The van der Waals surface area contributed by atoms with Crippen molar-refractivity contribution in [1.29, 1.82) is 0 Å². The van der Waals surface area contributed by atoms with E-state index in [2.05, 4.69) is 28.3 Å². The number of likely N-dealkylation sites (tertiary alicyclic amines) is 1. The number of carboxylic acid groups (broad SMARTS) is 1. The van der Waals surface area contributed by atoms with Crippen molar-refractivity contribution in [2.75, 3.05) is 39.8 Å². The number of aromatic nitrogens is 3. The Morgan fingerprint density at radius 3 is 2.44 bits per heavy atom. The van der Waals surface area contributed by atoms with Gasteiger partial charge in [0.2, 0.25) is 5.91 Å². The van der Waals surface area contributed by atoms with Gasteiger partial charge in [0.1, 0.15) is 5.82 Å². The molecule has 1 amide bonds. The summed E-state index contributed by atoms with van der Waals surface area (Å²) in [6, 6.07) is 8.20.